The van der Waals surface area contributed by atoms with Gasteiger partial charge in [0, 0.05) is 11.3 Å². The van der Waals surface area contributed by atoms with Gasteiger partial charge in [0.05, 0.1) is 10.2 Å². The number of hydrogen-bond donors (Lipinski definition) is 2. The van der Waals surface area contributed by atoms with Gasteiger partial charge in [-0.3, -0.25) is 0 Å². The van der Waals surface area contributed by atoms with Crippen molar-refractivity contribution >= 4 is 33.3 Å². The molecule has 24 heavy (non-hydrogen) atoms. The summed E-state index contributed by atoms with van der Waals surface area (Å²) in [4.78, 5) is 15.7. The Morgan fingerprint density at radius 2 is 1.83 bits per heavy atom. The lowest BCUT2D eigenvalue weighted by Crippen LogP contribution is -2.40. The minimum atomic E-state index is -4.76. The van der Waals surface area contributed by atoms with Crippen molar-refractivity contribution in [2.24, 2.45) is 0 Å². The number of aromatic nitrogens is 1. The first kappa shape index (κ1) is 16.3. The molecule has 0 bridgehead atoms. The van der Waals surface area contributed by atoms with Crippen molar-refractivity contribution in [2.75, 3.05) is 5.32 Å². The van der Waals surface area contributed by atoms with Crippen LogP contribution >= 0.6 is 11.3 Å². The number of thiazole rings is 1. The average Bonchev–Trinajstić information content (AvgIpc) is 2.89. The molecule has 4 nitrogen and oxygen atoms in total. The molecule has 0 saturated heterocycles. The highest BCUT2D eigenvalue weighted by atomic mass is 32.1. The van der Waals surface area contributed by atoms with Crippen molar-refractivity contribution in [3.05, 3.63) is 48.0 Å². The van der Waals surface area contributed by atoms with E-state index in [9.17, 15) is 18.0 Å². The molecule has 0 saturated carbocycles. The molecule has 8 heteroatoms. The fraction of sp³-hybridized carbons (Fsp3) is 0.125. The fourth-order valence-electron chi connectivity index (χ4n) is 2.14. The summed E-state index contributed by atoms with van der Waals surface area (Å²) in [6.45, 7) is 2.01. The molecule has 0 unspecified atom stereocenters. The number of nitrogens with one attached hydrogen (secondary N) is 2. The highest BCUT2D eigenvalue weighted by molar-refractivity contribution is 7.21. The first-order chi connectivity index (χ1) is 11.3. The molecule has 3 aromatic rings. The van der Waals surface area contributed by atoms with Crippen molar-refractivity contribution in [1.82, 2.24) is 10.3 Å². The lowest BCUT2D eigenvalue weighted by Gasteiger charge is -2.10. The number of hydrogen-bond acceptors (Lipinski definition) is 3. The van der Waals surface area contributed by atoms with Gasteiger partial charge in [-0.25, -0.2) is 15.1 Å². The molecule has 0 atom stereocenters. The Kier molecular flexibility index (Phi) is 4.15. The number of anilines is 1. The van der Waals surface area contributed by atoms with Crippen LogP contribution in [0.25, 0.3) is 20.8 Å². The van der Waals surface area contributed by atoms with E-state index in [-0.39, 0.29) is 5.69 Å². The van der Waals surface area contributed by atoms with Crippen LogP contribution in [0.5, 0.6) is 0 Å². The monoisotopic (exact) mass is 351 g/mol. The number of carbonyl (C=O) groups is 1. The summed E-state index contributed by atoms with van der Waals surface area (Å²) >= 11 is 1.53. The van der Waals surface area contributed by atoms with Crippen LogP contribution in [0.2, 0.25) is 0 Å². The number of alkyl halides is 3. The Balaban J connectivity index is 1.77. The third-order valence-corrected chi connectivity index (χ3v) is 4.26. The second-order valence-corrected chi connectivity index (χ2v) is 6.18. The van der Waals surface area contributed by atoms with Crippen LogP contribution in [0.4, 0.5) is 23.7 Å². The van der Waals surface area contributed by atoms with Crippen LogP contribution in [-0.4, -0.2) is 17.3 Å². The average molecular weight is 351 g/mol. The number of fused-ring (bicyclic) bond motifs is 1. The maximum Gasteiger partial charge on any atom is 0.485 e. The van der Waals surface area contributed by atoms with Crippen molar-refractivity contribution in [2.45, 2.75) is 13.2 Å². The van der Waals surface area contributed by atoms with E-state index in [4.69, 9.17) is 0 Å². The van der Waals surface area contributed by atoms with Gasteiger partial charge in [-0.05, 0) is 48.9 Å². The van der Waals surface area contributed by atoms with Crippen LogP contribution in [-0.2, 0) is 0 Å². The van der Waals surface area contributed by atoms with Gasteiger partial charge in [0.15, 0.2) is 0 Å². The molecule has 2 N–H and O–H groups in total. The summed E-state index contributed by atoms with van der Waals surface area (Å²) in [7, 11) is 0. The molecule has 2 aromatic carbocycles. The van der Waals surface area contributed by atoms with Crippen LogP contribution < -0.4 is 10.6 Å². The minimum Gasteiger partial charge on any atom is -0.308 e. The maximum absolute atomic E-state index is 12.0. The number of benzene rings is 2. The predicted molar refractivity (Wildman–Crippen MR) is 88.0 cm³/mol. The number of nitrogens with zero attached hydrogens (tertiary/aromatic N) is 1. The van der Waals surface area contributed by atoms with Gasteiger partial charge >= 0.3 is 12.3 Å². The van der Waals surface area contributed by atoms with Gasteiger partial charge in [-0.2, -0.15) is 13.2 Å². The molecule has 0 fully saturated rings. The first-order valence-corrected chi connectivity index (χ1v) is 7.75. The summed E-state index contributed by atoms with van der Waals surface area (Å²) in [5.41, 5.74) is 3.13. The smallest absolute Gasteiger partial charge is 0.308 e. The van der Waals surface area contributed by atoms with Crippen molar-refractivity contribution in [1.29, 1.82) is 0 Å². The Morgan fingerprint density at radius 3 is 2.50 bits per heavy atom. The Labute approximate surface area is 139 Å². The van der Waals surface area contributed by atoms with E-state index >= 15 is 0 Å². The van der Waals surface area contributed by atoms with Crippen molar-refractivity contribution in [3.8, 4) is 10.6 Å². The van der Waals surface area contributed by atoms with Crippen molar-refractivity contribution in [3.63, 3.8) is 0 Å². The van der Waals surface area contributed by atoms with Crippen LogP contribution in [0.1, 0.15) is 5.56 Å². The molecule has 124 valence electrons. The van der Waals surface area contributed by atoms with Gasteiger partial charge in [-0.15, -0.1) is 11.3 Å². The summed E-state index contributed by atoms with van der Waals surface area (Å²) in [5.74, 6) is 0. The zero-order chi connectivity index (χ0) is 17.3. The number of halogens is 3. The zero-order valence-electron chi connectivity index (χ0n) is 12.4. The Bertz CT molecular complexity index is 888. The number of rotatable bonds is 2. The first-order valence-electron chi connectivity index (χ1n) is 6.94. The van der Waals surface area contributed by atoms with E-state index < -0.39 is 12.3 Å². The molecule has 0 spiro atoms. The molecule has 0 radical (unpaired) electrons. The van der Waals surface area contributed by atoms with Gasteiger partial charge < -0.3 is 5.32 Å². The van der Waals surface area contributed by atoms with Crippen molar-refractivity contribution < 1.29 is 18.0 Å². The minimum absolute atomic E-state index is 0.262. The number of carbonyl (C=O) groups excluding carboxylic acids is 1. The lowest BCUT2D eigenvalue weighted by atomic mass is 10.2. The topological polar surface area (TPSA) is 54.0 Å². The van der Waals surface area contributed by atoms with Gasteiger partial charge in [0.1, 0.15) is 5.01 Å². The highest BCUT2D eigenvalue weighted by Crippen LogP contribution is 2.31. The van der Waals surface area contributed by atoms with E-state index in [1.807, 2.05) is 25.1 Å². The molecule has 2 amide bonds. The second-order valence-electron chi connectivity index (χ2n) is 5.14. The van der Waals surface area contributed by atoms with Crippen LogP contribution in [0.15, 0.2) is 42.5 Å². The third-order valence-electron chi connectivity index (χ3n) is 3.19. The van der Waals surface area contributed by atoms with E-state index in [0.717, 1.165) is 31.7 Å². The maximum atomic E-state index is 12.0. The second kappa shape index (κ2) is 6.12. The molecule has 0 aliphatic rings. The number of amides is 2. The SMILES string of the molecule is Cc1ccc2nc(-c3ccc(NC(=O)NC(F)(F)F)cc3)sc2c1. The molecule has 3 rings (SSSR count). The van der Waals surface area contributed by atoms with Gasteiger partial charge in [-0.1, -0.05) is 6.07 Å². The molecule has 1 heterocycles. The van der Waals surface area contributed by atoms with E-state index in [1.54, 1.807) is 12.1 Å². The number of urea groups is 1. The largest absolute Gasteiger partial charge is 0.485 e. The number of aryl methyl sites for hydroxylation is 1. The van der Waals surface area contributed by atoms with E-state index in [1.165, 1.54) is 23.5 Å². The standard InChI is InChI=1S/C16H12F3N3OS/c1-9-2-7-12-13(8-9)24-14(21-12)10-3-5-11(6-4-10)20-15(23)22-16(17,18)19/h2-8H,1H3,(H2,20,22,23). The molecule has 1 aromatic heterocycles. The summed E-state index contributed by atoms with van der Waals surface area (Å²) in [6, 6.07) is 11.1. The summed E-state index contributed by atoms with van der Waals surface area (Å²) in [6.07, 6.45) is -4.76. The highest BCUT2D eigenvalue weighted by Gasteiger charge is 2.29. The van der Waals surface area contributed by atoms with E-state index in [0.29, 0.717) is 0 Å². The normalized spacial score (nSPS) is 11.5. The predicted octanol–water partition coefficient (Wildman–Crippen LogP) is 4.91. The molecule has 0 aliphatic carbocycles. The van der Waals surface area contributed by atoms with E-state index in [2.05, 4.69) is 10.3 Å². The van der Waals surface area contributed by atoms with Crippen LogP contribution in [0.3, 0.4) is 0 Å². The molecule has 0 aliphatic heterocycles. The van der Waals surface area contributed by atoms with Crippen LogP contribution in [0, 0.1) is 6.92 Å². The molecular weight excluding hydrogens is 339 g/mol. The van der Waals surface area contributed by atoms with Gasteiger partial charge in [0.25, 0.3) is 0 Å². The lowest BCUT2D eigenvalue weighted by molar-refractivity contribution is -0.144. The van der Waals surface area contributed by atoms with Gasteiger partial charge in [0.2, 0.25) is 0 Å². The summed E-state index contributed by atoms with van der Waals surface area (Å²) in [5, 5.41) is 3.81. The molecular formula is C16H12F3N3OS. The fourth-order valence-corrected chi connectivity index (χ4v) is 3.21. The summed E-state index contributed by atoms with van der Waals surface area (Å²) < 4.78 is 37.2. The Morgan fingerprint density at radius 1 is 1.12 bits per heavy atom. The third kappa shape index (κ3) is 3.83. The quantitative estimate of drug-likeness (QED) is 0.644. The Hall–Kier alpha value is -2.61. The zero-order valence-corrected chi connectivity index (χ0v) is 13.3.